The second-order valence-corrected chi connectivity index (χ2v) is 6.56. The largest absolute Gasteiger partial charge is 0.352 e. The van der Waals surface area contributed by atoms with Gasteiger partial charge in [0.05, 0.1) is 22.4 Å². The smallest absolute Gasteiger partial charge is 0.266 e. The van der Waals surface area contributed by atoms with E-state index in [2.05, 4.69) is 5.32 Å². The Morgan fingerprint density at radius 2 is 1.56 bits per heavy atom. The molecule has 0 aromatic heterocycles. The van der Waals surface area contributed by atoms with Gasteiger partial charge >= 0.3 is 0 Å². The minimum absolute atomic E-state index is 0.198. The molecule has 0 aliphatic carbocycles. The highest BCUT2D eigenvalue weighted by atomic mass is 16.2. The third-order valence-electron chi connectivity index (χ3n) is 4.88. The fraction of sp³-hybridized carbons (Fsp3) is 0.318. The van der Waals surface area contributed by atoms with Crippen molar-refractivity contribution in [2.24, 2.45) is 0 Å². The number of benzene rings is 2. The zero-order valence-electron chi connectivity index (χ0n) is 16.0. The summed E-state index contributed by atoms with van der Waals surface area (Å²) >= 11 is 0. The summed E-state index contributed by atoms with van der Waals surface area (Å²) in [6.07, 6.45) is 2.21. The molecule has 3 amide bonds. The predicted octanol–water partition coefficient (Wildman–Crippen LogP) is 3.75. The second kappa shape index (κ2) is 7.74. The van der Waals surface area contributed by atoms with Gasteiger partial charge in [0.15, 0.2) is 0 Å². The number of rotatable bonds is 6. The van der Waals surface area contributed by atoms with Crippen molar-refractivity contribution in [2.75, 3.05) is 11.4 Å². The normalized spacial score (nSPS) is 13.1. The van der Waals surface area contributed by atoms with Crippen LogP contribution < -0.4 is 10.2 Å². The van der Waals surface area contributed by atoms with Crippen LogP contribution in [0.2, 0.25) is 0 Å². The molecule has 0 atom stereocenters. The van der Waals surface area contributed by atoms with E-state index in [0.29, 0.717) is 25.1 Å². The molecule has 1 aliphatic rings. The second-order valence-electron chi connectivity index (χ2n) is 6.56. The maximum Gasteiger partial charge on any atom is 0.266 e. The lowest BCUT2D eigenvalue weighted by atomic mass is 10.0. The molecule has 2 aromatic rings. The summed E-state index contributed by atoms with van der Waals surface area (Å²) in [5, 5.41) is 2.79. The molecule has 3 rings (SSSR count). The average Bonchev–Trinajstić information content (AvgIpc) is 2.95. The SMILES string of the molecule is CCCNC(=O)c1cccc2c1C(=O)N(c1c(CC)cccc1CC)C2=O. The third kappa shape index (κ3) is 3.14. The van der Waals surface area contributed by atoms with Gasteiger partial charge in [0, 0.05) is 6.54 Å². The number of nitrogens with one attached hydrogen (secondary N) is 1. The van der Waals surface area contributed by atoms with Crippen molar-refractivity contribution in [1.82, 2.24) is 5.32 Å². The van der Waals surface area contributed by atoms with Gasteiger partial charge in [0.25, 0.3) is 17.7 Å². The lowest BCUT2D eigenvalue weighted by molar-refractivity contribution is 0.0910. The molecule has 27 heavy (non-hydrogen) atoms. The molecule has 1 heterocycles. The Labute approximate surface area is 159 Å². The molecule has 5 nitrogen and oxygen atoms in total. The first-order valence-corrected chi connectivity index (χ1v) is 9.45. The van der Waals surface area contributed by atoms with E-state index >= 15 is 0 Å². The van der Waals surface area contributed by atoms with Gasteiger partial charge in [-0.05, 0) is 42.5 Å². The maximum atomic E-state index is 13.3. The highest BCUT2D eigenvalue weighted by Crippen LogP contribution is 2.35. The van der Waals surface area contributed by atoms with Gasteiger partial charge in [0.2, 0.25) is 0 Å². The van der Waals surface area contributed by atoms with E-state index in [0.717, 1.165) is 17.5 Å². The van der Waals surface area contributed by atoms with E-state index in [4.69, 9.17) is 0 Å². The number of anilines is 1. The van der Waals surface area contributed by atoms with E-state index < -0.39 is 5.91 Å². The van der Waals surface area contributed by atoms with Gasteiger partial charge in [-0.3, -0.25) is 14.4 Å². The first-order chi connectivity index (χ1) is 13.0. The molecule has 140 valence electrons. The molecule has 1 aliphatic heterocycles. The van der Waals surface area contributed by atoms with Crippen molar-refractivity contribution < 1.29 is 14.4 Å². The van der Waals surface area contributed by atoms with E-state index in [9.17, 15) is 14.4 Å². The van der Waals surface area contributed by atoms with Crippen LogP contribution in [-0.2, 0) is 12.8 Å². The van der Waals surface area contributed by atoms with Crippen LogP contribution >= 0.6 is 0 Å². The predicted molar refractivity (Wildman–Crippen MR) is 105 cm³/mol. The molecule has 0 saturated heterocycles. The summed E-state index contributed by atoms with van der Waals surface area (Å²) in [6, 6.07) is 10.7. The summed E-state index contributed by atoms with van der Waals surface area (Å²) in [5.41, 5.74) is 3.30. The van der Waals surface area contributed by atoms with Gasteiger partial charge in [0.1, 0.15) is 0 Å². The van der Waals surface area contributed by atoms with Gasteiger partial charge in [-0.1, -0.05) is 45.0 Å². The monoisotopic (exact) mass is 364 g/mol. The van der Waals surface area contributed by atoms with E-state index in [-0.39, 0.29) is 28.5 Å². The topological polar surface area (TPSA) is 66.5 Å². The minimum Gasteiger partial charge on any atom is -0.352 e. The summed E-state index contributed by atoms with van der Waals surface area (Å²) < 4.78 is 0. The fourth-order valence-electron chi connectivity index (χ4n) is 3.51. The zero-order valence-corrected chi connectivity index (χ0v) is 16.0. The number of fused-ring (bicyclic) bond motifs is 1. The number of aryl methyl sites for hydroxylation is 2. The Bertz CT molecular complexity index is 896. The van der Waals surface area contributed by atoms with Crippen LogP contribution in [0, 0.1) is 0 Å². The highest BCUT2D eigenvalue weighted by molar-refractivity contribution is 6.36. The van der Waals surface area contributed by atoms with E-state index in [1.807, 2.05) is 39.0 Å². The van der Waals surface area contributed by atoms with Crippen LogP contribution in [0.5, 0.6) is 0 Å². The molecule has 0 spiro atoms. The molecule has 0 bridgehead atoms. The number of nitrogens with zero attached hydrogens (tertiary/aromatic N) is 1. The van der Waals surface area contributed by atoms with Crippen molar-refractivity contribution in [3.63, 3.8) is 0 Å². The Morgan fingerprint density at radius 3 is 2.15 bits per heavy atom. The molecular formula is C22H24N2O3. The first kappa shape index (κ1) is 18.8. The van der Waals surface area contributed by atoms with Crippen LogP contribution in [0.3, 0.4) is 0 Å². The number of amides is 3. The number of para-hydroxylation sites is 1. The summed E-state index contributed by atoms with van der Waals surface area (Å²) in [5.74, 6) is -1.11. The standard InChI is InChI=1S/C22H24N2O3/c1-4-13-23-20(25)16-11-8-12-17-18(16)22(27)24(21(17)26)19-14(5-2)9-7-10-15(19)6-3/h7-12H,4-6,13H2,1-3H3,(H,23,25). The molecule has 1 N–H and O–H groups in total. The lowest BCUT2D eigenvalue weighted by Crippen LogP contribution is -2.32. The van der Waals surface area contributed by atoms with Crippen molar-refractivity contribution in [2.45, 2.75) is 40.0 Å². The van der Waals surface area contributed by atoms with Gasteiger partial charge in [-0.2, -0.15) is 0 Å². The Kier molecular flexibility index (Phi) is 5.40. The number of hydrogen-bond acceptors (Lipinski definition) is 3. The summed E-state index contributed by atoms with van der Waals surface area (Å²) in [4.78, 5) is 40.1. The van der Waals surface area contributed by atoms with Crippen molar-refractivity contribution in [3.05, 3.63) is 64.2 Å². The fourth-order valence-corrected chi connectivity index (χ4v) is 3.51. The average molecular weight is 364 g/mol. The number of imide groups is 1. The third-order valence-corrected chi connectivity index (χ3v) is 4.88. The van der Waals surface area contributed by atoms with Crippen molar-refractivity contribution >= 4 is 23.4 Å². The Morgan fingerprint density at radius 1 is 0.926 bits per heavy atom. The van der Waals surface area contributed by atoms with E-state index in [1.165, 1.54) is 4.90 Å². The molecule has 2 aromatic carbocycles. The highest BCUT2D eigenvalue weighted by Gasteiger charge is 2.40. The lowest BCUT2D eigenvalue weighted by Gasteiger charge is -2.21. The van der Waals surface area contributed by atoms with Crippen LogP contribution in [-0.4, -0.2) is 24.3 Å². The van der Waals surface area contributed by atoms with Gasteiger partial charge < -0.3 is 5.32 Å². The van der Waals surface area contributed by atoms with Gasteiger partial charge in [-0.25, -0.2) is 4.90 Å². The first-order valence-electron chi connectivity index (χ1n) is 9.45. The number of carbonyl (C=O) groups excluding carboxylic acids is 3. The Hall–Kier alpha value is -2.95. The minimum atomic E-state index is -0.423. The van der Waals surface area contributed by atoms with Crippen LogP contribution in [0.1, 0.15) is 69.4 Å². The molecular weight excluding hydrogens is 340 g/mol. The zero-order chi connectivity index (χ0) is 19.6. The number of carbonyl (C=O) groups is 3. The quantitative estimate of drug-likeness (QED) is 0.794. The molecule has 5 heteroatoms. The van der Waals surface area contributed by atoms with Crippen molar-refractivity contribution in [3.8, 4) is 0 Å². The van der Waals surface area contributed by atoms with Crippen LogP contribution in [0.4, 0.5) is 5.69 Å². The Balaban J connectivity index is 2.12. The molecule has 0 radical (unpaired) electrons. The molecule has 0 saturated carbocycles. The van der Waals surface area contributed by atoms with Crippen LogP contribution in [0.15, 0.2) is 36.4 Å². The van der Waals surface area contributed by atoms with Gasteiger partial charge in [-0.15, -0.1) is 0 Å². The van der Waals surface area contributed by atoms with E-state index in [1.54, 1.807) is 18.2 Å². The maximum absolute atomic E-state index is 13.3. The summed E-state index contributed by atoms with van der Waals surface area (Å²) in [7, 11) is 0. The molecule has 0 fully saturated rings. The van der Waals surface area contributed by atoms with Crippen LogP contribution in [0.25, 0.3) is 0 Å². The number of hydrogen-bond donors (Lipinski definition) is 1. The molecule has 0 unspecified atom stereocenters. The van der Waals surface area contributed by atoms with Crippen molar-refractivity contribution in [1.29, 1.82) is 0 Å². The summed E-state index contributed by atoms with van der Waals surface area (Å²) in [6.45, 7) is 6.48.